The second kappa shape index (κ2) is 4.18. The molecule has 0 radical (unpaired) electrons. The maximum absolute atomic E-state index is 12.8. The van der Waals surface area contributed by atoms with Crippen LogP contribution in [0.1, 0.15) is 18.0 Å². The molecule has 3 nitrogen and oxygen atoms in total. The smallest absolute Gasteiger partial charge is 0.407 e. The van der Waals surface area contributed by atoms with Gasteiger partial charge in [0, 0.05) is 10.9 Å². The van der Waals surface area contributed by atoms with Gasteiger partial charge in [0.25, 0.3) is 0 Å². The van der Waals surface area contributed by atoms with Crippen LogP contribution in [0.15, 0.2) is 22.7 Å². The number of rotatable bonds is 1. The first kappa shape index (κ1) is 10.4. The van der Waals surface area contributed by atoms with Crippen LogP contribution in [0.4, 0.5) is 9.18 Å². The summed E-state index contributed by atoms with van der Waals surface area (Å²) >= 11 is 3.27. The quantitative estimate of drug-likeness (QED) is 0.855. The van der Waals surface area contributed by atoms with E-state index in [1.807, 2.05) is 0 Å². The average molecular weight is 274 g/mol. The van der Waals surface area contributed by atoms with Crippen LogP contribution in [0.5, 0.6) is 0 Å². The fourth-order valence-corrected chi connectivity index (χ4v) is 2.17. The molecule has 0 bridgehead atoms. The second-order valence-electron chi connectivity index (χ2n) is 3.29. The van der Waals surface area contributed by atoms with Gasteiger partial charge in [-0.25, -0.2) is 9.18 Å². The maximum atomic E-state index is 12.8. The van der Waals surface area contributed by atoms with Crippen molar-refractivity contribution >= 4 is 22.0 Å². The third kappa shape index (κ3) is 2.28. The van der Waals surface area contributed by atoms with Crippen molar-refractivity contribution in [3.8, 4) is 0 Å². The van der Waals surface area contributed by atoms with Gasteiger partial charge < -0.3 is 10.1 Å². The first-order chi connectivity index (χ1) is 7.16. The molecule has 5 heteroatoms. The van der Waals surface area contributed by atoms with E-state index in [0.717, 1.165) is 5.56 Å². The zero-order valence-electron chi connectivity index (χ0n) is 7.80. The third-order valence-corrected chi connectivity index (χ3v) is 2.96. The molecule has 2 rings (SSSR count). The average Bonchev–Trinajstić information content (AvgIpc) is 2.17. The molecule has 1 aromatic rings. The fraction of sp³-hybridized carbons (Fsp3) is 0.300. The van der Waals surface area contributed by atoms with E-state index in [4.69, 9.17) is 4.74 Å². The Morgan fingerprint density at radius 3 is 3.00 bits per heavy atom. The Morgan fingerprint density at radius 1 is 1.53 bits per heavy atom. The van der Waals surface area contributed by atoms with E-state index in [2.05, 4.69) is 21.2 Å². The first-order valence-electron chi connectivity index (χ1n) is 4.55. The molecule has 0 spiro atoms. The predicted molar refractivity (Wildman–Crippen MR) is 55.9 cm³/mol. The Kier molecular flexibility index (Phi) is 2.90. The summed E-state index contributed by atoms with van der Waals surface area (Å²) in [4.78, 5) is 11.0. The van der Waals surface area contributed by atoms with Crippen molar-refractivity contribution in [2.24, 2.45) is 0 Å². The van der Waals surface area contributed by atoms with Crippen LogP contribution in [0, 0.1) is 5.82 Å². The standard InChI is InChI=1S/C10H9BrFNO2/c11-8-5-6(12)1-2-7(8)9-3-4-15-10(14)13-9/h1-2,5,9H,3-4H2,(H,13,14)/t9-/m1/s1. The molecule has 1 aromatic carbocycles. The van der Waals surface area contributed by atoms with E-state index >= 15 is 0 Å². The van der Waals surface area contributed by atoms with Gasteiger partial charge in [0.05, 0.1) is 12.6 Å². The molecule has 1 amide bonds. The lowest BCUT2D eigenvalue weighted by Crippen LogP contribution is -2.35. The zero-order chi connectivity index (χ0) is 10.8. The lowest BCUT2D eigenvalue weighted by molar-refractivity contribution is 0.115. The summed E-state index contributed by atoms with van der Waals surface area (Å²) in [7, 11) is 0. The minimum absolute atomic E-state index is 0.110. The number of carbonyl (C=O) groups excluding carboxylic acids is 1. The lowest BCUT2D eigenvalue weighted by atomic mass is 10.0. The van der Waals surface area contributed by atoms with Gasteiger partial charge in [-0.1, -0.05) is 22.0 Å². The van der Waals surface area contributed by atoms with Gasteiger partial charge in [-0.15, -0.1) is 0 Å². The number of cyclic esters (lactones) is 1. The van der Waals surface area contributed by atoms with E-state index in [1.54, 1.807) is 6.07 Å². The summed E-state index contributed by atoms with van der Waals surface area (Å²) < 4.78 is 18.3. The summed E-state index contributed by atoms with van der Waals surface area (Å²) in [5.74, 6) is -0.302. The molecular formula is C10H9BrFNO2. The summed E-state index contributed by atoms with van der Waals surface area (Å²) in [5.41, 5.74) is 0.869. The lowest BCUT2D eigenvalue weighted by Gasteiger charge is -2.24. The van der Waals surface area contributed by atoms with Crippen LogP contribution in [0.3, 0.4) is 0 Å². The maximum Gasteiger partial charge on any atom is 0.407 e. The van der Waals surface area contributed by atoms with Crippen molar-refractivity contribution in [3.63, 3.8) is 0 Å². The van der Waals surface area contributed by atoms with E-state index in [9.17, 15) is 9.18 Å². The summed E-state index contributed by atoms with van der Waals surface area (Å²) in [6, 6.07) is 4.31. The van der Waals surface area contributed by atoms with E-state index in [-0.39, 0.29) is 11.9 Å². The SMILES string of the molecule is O=C1N[C@@H](c2ccc(F)cc2Br)CCO1. The largest absolute Gasteiger partial charge is 0.449 e. The molecule has 80 valence electrons. The van der Waals surface area contributed by atoms with Crippen molar-refractivity contribution in [3.05, 3.63) is 34.1 Å². The molecule has 0 unspecified atom stereocenters. The highest BCUT2D eigenvalue weighted by atomic mass is 79.9. The molecule has 1 N–H and O–H groups in total. The van der Waals surface area contributed by atoms with Crippen molar-refractivity contribution in [1.82, 2.24) is 5.32 Å². The molecule has 1 saturated heterocycles. The number of ether oxygens (including phenoxy) is 1. The number of benzene rings is 1. The van der Waals surface area contributed by atoms with Gasteiger partial charge in [-0.3, -0.25) is 0 Å². The number of hydrogen-bond donors (Lipinski definition) is 1. The van der Waals surface area contributed by atoms with Gasteiger partial charge >= 0.3 is 6.09 Å². The van der Waals surface area contributed by atoms with Crippen molar-refractivity contribution in [1.29, 1.82) is 0 Å². The summed E-state index contributed by atoms with van der Waals surface area (Å²) in [5, 5.41) is 2.68. The normalized spacial score (nSPS) is 20.7. The topological polar surface area (TPSA) is 38.3 Å². The number of amides is 1. The Balaban J connectivity index is 2.24. The number of alkyl carbamates (subject to hydrolysis) is 1. The molecule has 0 aliphatic carbocycles. The fourth-order valence-electron chi connectivity index (χ4n) is 1.54. The number of carbonyl (C=O) groups is 1. The van der Waals surface area contributed by atoms with Gasteiger partial charge in [-0.05, 0) is 17.7 Å². The van der Waals surface area contributed by atoms with Gasteiger partial charge in [-0.2, -0.15) is 0 Å². The van der Waals surface area contributed by atoms with E-state index in [1.165, 1.54) is 12.1 Å². The minimum Gasteiger partial charge on any atom is -0.449 e. The highest BCUT2D eigenvalue weighted by molar-refractivity contribution is 9.10. The Bertz CT molecular complexity index is 397. The Hall–Kier alpha value is -1.10. The minimum atomic E-state index is -0.428. The molecule has 1 aliphatic rings. The molecule has 0 saturated carbocycles. The molecular weight excluding hydrogens is 265 g/mol. The molecule has 1 heterocycles. The van der Waals surface area contributed by atoms with Gasteiger partial charge in [0.2, 0.25) is 0 Å². The number of hydrogen-bond acceptors (Lipinski definition) is 2. The highest BCUT2D eigenvalue weighted by Crippen LogP contribution is 2.27. The number of halogens is 2. The van der Waals surface area contributed by atoms with Crippen LogP contribution in [0.25, 0.3) is 0 Å². The molecule has 1 atom stereocenters. The third-order valence-electron chi connectivity index (χ3n) is 2.27. The second-order valence-corrected chi connectivity index (χ2v) is 4.14. The molecule has 1 fully saturated rings. The predicted octanol–water partition coefficient (Wildman–Crippen LogP) is 2.76. The molecule has 15 heavy (non-hydrogen) atoms. The van der Waals surface area contributed by atoms with Crippen LogP contribution < -0.4 is 5.32 Å². The summed E-state index contributed by atoms with van der Waals surface area (Å²) in [6.07, 6.45) is 0.262. The summed E-state index contributed by atoms with van der Waals surface area (Å²) in [6.45, 7) is 0.389. The Labute approximate surface area is 94.7 Å². The van der Waals surface area contributed by atoms with E-state index < -0.39 is 6.09 Å². The first-order valence-corrected chi connectivity index (χ1v) is 5.34. The van der Waals surface area contributed by atoms with Gasteiger partial charge in [0.15, 0.2) is 0 Å². The van der Waals surface area contributed by atoms with Crippen molar-refractivity contribution < 1.29 is 13.9 Å². The Morgan fingerprint density at radius 2 is 2.33 bits per heavy atom. The highest BCUT2D eigenvalue weighted by Gasteiger charge is 2.22. The van der Waals surface area contributed by atoms with Crippen LogP contribution in [0.2, 0.25) is 0 Å². The number of nitrogens with one attached hydrogen (secondary N) is 1. The molecule has 1 aliphatic heterocycles. The van der Waals surface area contributed by atoms with Gasteiger partial charge in [0.1, 0.15) is 5.82 Å². The van der Waals surface area contributed by atoms with Crippen molar-refractivity contribution in [2.75, 3.05) is 6.61 Å². The van der Waals surface area contributed by atoms with Crippen LogP contribution in [-0.4, -0.2) is 12.7 Å². The monoisotopic (exact) mass is 273 g/mol. The van der Waals surface area contributed by atoms with Crippen LogP contribution >= 0.6 is 15.9 Å². The van der Waals surface area contributed by atoms with Crippen LogP contribution in [-0.2, 0) is 4.74 Å². The zero-order valence-corrected chi connectivity index (χ0v) is 9.38. The van der Waals surface area contributed by atoms with Crippen molar-refractivity contribution in [2.45, 2.75) is 12.5 Å². The molecule has 0 aromatic heterocycles. The van der Waals surface area contributed by atoms with E-state index in [0.29, 0.717) is 17.5 Å².